The summed E-state index contributed by atoms with van der Waals surface area (Å²) in [6.07, 6.45) is 0.772. The number of halogens is 1. The maximum absolute atomic E-state index is 5.48. The first-order valence-corrected chi connectivity index (χ1v) is 7.57. The van der Waals surface area contributed by atoms with Gasteiger partial charge < -0.3 is 10.7 Å². The first-order valence-electron chi connectivity index (χ1n) is 5.96. The highest BCUT2D eigenvalue weighted by atomic mass is 79.9. The molecule has 0 atom stereocenters. The van der Waals surface area contributed by atoms with E-state index in [1.165, 1.54) is 4.88 Å². The first-order chi connectivity index (χ1) is 9.13. The number of anilines is 2. The van der Waals surface area contributed by atoms with E-state index in [2.05, 4.69) is 42.7 Å². The molecule has 0 bridgehead atoms. The van der Waals surface area contributed by atoms with Crippen molar-refractivity contribution in [2.75, 3.05) is 10.7 Å². The molecule has 0 saturated carbocycles. The van der Waals surface area contributed by atoms with E-state index in [0.717, 1.165) is 34.0 Å². The van der Waals surface area contributed by atoms with Crippen LogP contribution in [-0.2, 0) is 13.0 Å². The quantitative estimate of drug-likeness (QED) is 0.575. The van der Waals surface area contributed by atoms with Crippen LogP contribution in [0.2, 0.25) is 0 Å². The normalized spacial score (nSPS) is 10.5. The van der Waals surface area contributed by atoms with Crippen LogP contribution >= 0.6 is 27.3 Å². The number of hydrogen-bond donors (Lipinski definition) is 3. The summed E-state index contributed by atoms with van der Waals surface area (Å²) < 4.78 is 1.13. The highest BCUT2D eigenvalue weighted by Crippen LogP contribution is 2.24. The number of rotatable bonds is 5. The highest BCUT2D eigenvalue weighted by molar-refractivity contribution is 9.11. The molecule has 0 unspecified atom stereocenters. The largest absolute Gasteiger partial charge is 0.365 e. The van der Waals surface area contributed by atoms with Gasteiger partial charge in [0.2, 0.25) is 0 Å². The summed E-state index contributed by atoms with van der Waals surface area (Å²) >= 11 is 5.16. The lowest BCUT2D eigenvalue weighted by Crippen LogP contribution is -2.14. The number of thiophene rings is 1. The van der Waals surface area contributed by atoms with Crippen molar-refractivity contribution in [2.24, 2.45) is 5.84 Å². The summed E-state index contributed by atoms with van der Waals surface area (Å²) in [5, 5.41) is 3.33. The highest BCUT2D eigenvalue weighted by Gasteiger charge is 2.09. The molecule has 2 rings (SSSR count). The lowest BCUT2D eigenvalue weighted by atomic mass is 10.3. The van der Waals surface area contributed by atoms with Gasteiger partial charge in [0.05, 0.1) is 10.3 Å². The van der Waals surface area contributed by atoms with Gasteiger partial charge in [-0.05, 0) is 35.0 Å². The fourth-order valence-corrected chi connectivity index (χ4v) is 3.07. The van der Waals surface area contributed by atoms with Gasteiger partial charge in [0.15, 0.2) is 0 Å². The lowest BCUT2D eigenvalue weighted by molar-refractivity contribution is 0.922. The number of aromatic nitrogens is 2. The smallest absolute Gasteiger partial charge is 0.148 e. The number of nitrogen functional groups attached to an aromatic ring is 1. The molecule has 102 valence electrons. The molecule has 2 aromatic heterocycles. The molecule has 19 heavy (non-hydrogen) atoms. The molecule has 2 heterocycles. The second-order valence-corrected chi connectivity index (χ2v) is 6.57. The molecule has 0 spiro atoms. The Hall–Kier alpha value is -1.18. The van der Waals surface area contributed by atoms with Crippen molar-refractivity contribution in [3.63, 3.8) is 0 Å². The SMILES string of the molecule is CCc1nc(NN)c(C)c(NCc2ccc(Br)s2)n1. The standard InChI is InChI=1S/C12H16BrN5S/c1-3-10-16-11(7(2)12(17-10)18-14)15-6-8-4-5-9(13)19-8/h4-5H,3,6,14H2,1-2H3,(H2,15,16,17,18). The third-order valence-corrected chi connectivity index (χ3v) is 4.33. The van der Waals surface area contributed by atoms with Crippen LogP contribution in [0.3, 0.4) is 0 Å². The predicted molar refractivity (Wildman–Crippen MR) is 83.3 cm³/mol. The average Bonchev–Trinajstić information content (AvgIpc) is 2.83. The molecule has 0 aliphatic rings. The van der Waals surface area contributed by atoms with Crippen LogP contribution in [0.5, 0.6) is 0 Å². The predicted octanol–water partition coefficient (Wildman–Crippen LogP) is 3.07. The number of nitrogens with one attached hydrogen (secondary N) is 2. The van der Waals surface area contributed by atoms with Crippen LogP contribution in [0.1, 0.15) is 23.2 Å². The van der Waals surface area contributed by atoms with Crippen molar-refractivity contribution in [1.29, 1.82) is 0 Å². The van der Waals surface area contributed by atoms with Gasteiger partial charge in [0.25, 0.3) is 0 Å². The Bertz CT molecular complexity index is 569. The number of nitrogens with two attached hydrogens (primary N) is 1. The number of aryl methyl sites for hydroxylation is 1. The van der Waals surface area contributed by atoms with Crippen molar-refractivity contribution < 1.29 is 0 Å². The van der Waals surface area contributed by atoms with Crippen molar-refractivity contribution in [3.05, 3.63) is 32.2 Å². The van der Waals surface area contributed by atoms with Crippen molar-refractivity contribution in [3.8, 4) is 0 Å². The fourth-order valence-electron chi connectivity index (χ4n) is 1.65. The zero-order valence-electron chi connectivity index (χ0n) is 10.8. The Morgan fingerprint density at radius 3 is 2.63 bits per heavy atom. The zero-order valence-corrected chi connectivity index (χ0v) is 13.2. The van der Waals surface area contributed by atoms with Gasteiger partial charge in [-0.2, -0.15) is 0 Å². The van der Waals surface area contributed by atoms with Gasteiger partial charge in [-0.1, -0.05) is 6.92 Å². The van der Waals surface area contributed by atoms with Crippen LogP contribution in [0.15, 0.2) is 15.9 Å². The van der Waals surface area contributed by atoms with E-state index in [4.69, 9.17) is 5.84 Å². The van der Waals surface area contributed by atoms with E-state index in [0.29, 0.717) is 5.82 Å². The van der Waals surface area contributed by atoms with Crippen LogP contribution in [-0.4, -0.2) is 9.97 Å². The molecular weight excluding hydrogens is 326 g/mol. The summed E-state index contributed by atoms with van der Waals surface area (Å²) in [7, 11) is 0. The summed E-state index contributed by atoms with van der Waals surface area (Å²) in [5.41, 5.74) is 3.54. The molecule has 0 amide bonds. The summed E-state index contributed by atoms with van der Waals surface area (Å²) in [5.74, 6) is 7.74. The molecule has 4 N–H and O–H groups in total. The van der Waals surface area contributed by atoms with Crippen molar-refractivity contribution in [2.45, 2.75) is 26.8 Å². The molecule has 0 fully saturated rings. The summed E-state index contributed by atoms with van der Waals surface area (Å²) in [6, 6.07) is 4.12. The molecule has 0 radical (unpaired) electrons. The van der Waals surface area contributed by atoms with Gasteiger partial charge in [0.1, 0.15) is 17.5 Å². The van der Waals surface area contributed by atoms with Crippen LogP contribution in [0.25, 0.3) is 0 Å². The van der Waals surface area contributed by atoms with Gasteiger partial charge in [-0.25, -0.2) is 15.8 Å². The van der Waals surface area contributed by atoms with Crippen LogP contribution < -0.4 is 16.6 Å². The minimum atomic E-state index is 0.668. The second kappa shape index (κ2) is 6.31. The van der Waals surface area contributed by atoms with E-state index in [-0.39, 0.29) is 0 Å². The third-order valence-electron chi connectivity index (χ3n) is 2.70. The molecule has 0 aliphatic heterocycles. The van der Waals surface area contributed by atoms with E-state index in [1.54, 1.807) is 11.3 Å². The Balaban J connectivity index is 2.19. The van der Waals surface area contributed by atoms with Gasteiger partial charge in [-0.15, -0.1) is 11.3 Å². The third kappa shape index (κ3) is 3.43. The number of hydrazine groups is 1. The Labute approximate surface area is 124 Å². The van der Waals surface area contributed by atoms with E-state index >= 15 is 0 Å². The monoisotopic (exact) mass is 341 g/mol. The van der Waals surface area contributed by atoms with E-state index in [1.807, 2.05) is 19.9 Å². The molecule has 0 aromatic carbocycles. The minimum Gasteiger partial charge on any atom is -0.365 e. The Morgan fingerprint density at radius 1 is 1.32 bits per heavy atom. The molecule has 7 heteroatoms. The number of hydrogen-bond acceptors (Lipinski definition) is 6. The number of nitrogens with zero attached hydrogens (tertiary/aromatic N) is 2. The maximum Gasteiger partial charge on any atom is 0.148 e. The lowest BCUT2D eigenvalue weighted by Gasteiger charge is -2.12. The van der Waals surface area contributed by atoms with Crippen molar-refractivity contribution in [1.82, 2.24) is 9.97 Å². The van der Waals surface area contributed by atoms with Crippen LogP contribution in [0, 0.1) is 6.92 Å². The average molecular weight is 342 g/mol. The van der Waals surface area contributed by atoms with E-state index < -0.39 is 0 Å². The maximum atomic E-state index is 5.48. The second-order valence-electron chi connectivity index (χ2n) is 4.02. The topological polar surface area (TPSA) is 75.9 Å². The molecular formula is C12H16BrN5S. The molecule has 0 saturated heterocycles. The molecule has 2 aromatic rings. The Kier molecular flexibility index (Phi) is 4.73. The molecule has 0 aliphatic carbocycles. The molecule has 5 nitrogen and oxygen atoms in total. The van der Waals surface area contributed by atoms with Crippen LogP contribution in [0.4, 0.5) is 11.6 Å². The fraction of sp³-hybridized carbons (Fsp3) is 0.333. The summed E-state index contributed by atoms with van der Waals surface area (Å²) in [6.45, 7) is 4.70. The minimum absolute atomic E-state index is 0.668. The van der Waals surface area contributed by atoms with E-state index in [9.17, 15) is 0 Å². The van der Waals surface area contributed by atoms with Gasteiger partial charge in [-0.3, -0.25) is 0 Å². The first kappa shape index (κ1) is 14.2. The van der Waals surface area contributed by atoms with Crippen molar-refractivity contribution >= 4 is 38.9 Å². The zero-order chi connectivity index (χ0) is 13.8. The van der Waals surface area contributed by atoms with Gasteiger partial charge >= 0.3 is 0 Å². The van der Waals surface area contributed by atoms with Gasteiger partial charge in [0, 0.05) is 16.9 Å². The summed E-state index contributed by atoms with van der Waals surface area (Å²) in [4.78, 5) is 10.1. The Morgan fingerprint density at radius 2 is 2.05 bits per heavy atom.